The van der Waals surface area contributed by atoms with Gasteiger partial charge in [-0.15, -0.1) is 17.9 Å². The molecule has 0 unspecified atom stereocenters. The second kappa shape index (κ2) is 9.72. The zero-order valence-corrected chi connectivity index (χ0v) is 20.4. The number of aromatic nitrogens is 1. The van der Waals surface area contributed by atoms with Gasteiger partial charge in [-0.2, -0.15) is 0 Å². The number of nitrogens with zero attached hydrogens (tertiary/aromatic N) is 3. The highest BCUT2D eigenvalue weighted by molar-refractivity contribution is 7.14. The van der Waals surface area contributed by atoms with Crippen LogP contribution in [0.25, 0.3) is 11.3 Å². The van der Waals surface area contributed by atoms with Gasteiger partial charge in [-0.25, -0.2) is 4.98 Å². The molecule has 5 nitrogen and oxygen atoms in total. The maximum Gasteiger partial charge on any atom is 0.232 e. The first-order chi connectivity index (χ1) is 14.6. The van der Waals surface area contributed by atoms with Crippen molar-refractivity contribution in [3.8, 4) is 11.3 Å². The quantitative estimate of drug-likeness (QED) is 0.499. The van der Waals surface area contributed by atoms with E-state index in [0.717, 1.165) is 11.3 Å². The molecular formula is C23H27Cl2N3O2S. The number of likely N-dealkylation sites (tertiary alicyclic amines) is 1. The van der Waals surface area contributed by atoms with E-state index in [2.05, 4.69) is 11.6 Å². The first-order valence-electron chi connectivity index (χ1n) is 10.2. The van der Waals surface area contributed by atoms with Crippen LogP contribution in [0.2, 0.25) is 10.0 Å². The summed E-state index contributed by atoms with van der Waals surface area (Å²) in [6.07, 6.45) is 3.01. The van der Waals surface area contributed by atoms with Gasteiger partial charge in [0.15, 0.2) is 5.13 Å². The predicted molar refractivity (Wildman–Crippen MR) is 129 cm³/mol. The Bertz CT molecular complexity index is 975. The maximum absolute atomic E-state index is 13.3. The summed E-state index contributed by atoms with van der Waals surface area (Å²) in [6.45, 7) is 11.1. The molecule has 8 heteroatoms. The van der Waals surface area contributed by atoms with E-state index < -0.39 is 5.41 Å². The first kappa shape index (κ1) is 23.8. The number of amides is 2. The largest absolute Gasteiger partial charge is 0.342 e. The monoisotopic (exact) mass is 479 g/mol. The normalized spacial score (nSPS) is 15.1. The van der Waals surface area contributed by atoms with Crippen molar-refractivity contribution in [1.82, 2.24) is 9.88 Å². The molecule has 1 aromatic heterocycles. The van der Waals surface area contributed by atoms with Crippen LogP contribution in [0.3, 0.4) is 0 Å². The summed E-state index contributed by atoms with van der Waals surface area (Å²) in [7, 11) is 0. The molecule has 0 spiro atoms. The van der Waals surface area contributed by atoms with Crippen molar-refractivity contribution >= 4 is 51.5 Å². The van der Waals surface area contributed by atoms with E-state index in [9.17, 15) is 9.59 Å². The summed E-state index contributed by atoms with van der Waals surface area (Å²) in [5.74, 6) is 0.0200. The molecule has 1 aromatic carbocycles. The van der Waals surface area contributed by atoms with E-state index in [1.165, 1.54) is 11.3 Å². The Balaban J connectivity index is 1.73. The van der Waals surface area contributed by atoms with E-state index in [4.69, 9.17) is 23.2 Å². The fourth-order valence-electron chi connectivity index (χ4n) is 3.59. The number of piperidine rings is 1. The lowest BCUT2D eigenvalue weighted by Gasteiger charge is -2.36. The van der Waals surface area contributed by atoms with Crippen molar-refractivity contribution < 1.29 is 9.59 Å². The van der Waals surface area contributed by atoms with Gasteiger partial charge in [0.1, 0.15) is 0 Å². The third kappa shape index (κ3) is 5.48. The summed E-state index contributed by atoms with van der Waals surface area (Å²) in [5.41, 5.74) is 1.18. The number of carbonyl (C=O) groups excluding carboxylic acids is 2. The standard InChI is InChI=1S/C23H27Cl2N3O2S/c1-5-10-28(20(29)15-8-11-27(12-9-15)21(30)23(2,3)4)22-26-19(14-31-22)16-6-7-17(24)18(25)13-16/h5-7,13-15H,1,8-12H2,2-4H3. The van der Waals surface area contributed by atoms with Crippen molar-refractivity contribution in [2.45, 2.75) is 33.6 Å². The highest BCUT2D eigenvalue weighted by Crippen LogP contribution is 2.33. The van der Waals surface area contributed by atoms with E-state index in [0.29, 0.717) is 47.7 Å². The van der Waals surface area contributed by atoms with Crippen LogP contribution >= 0.6 is 34.5 Å². The van der Waals surface area contributed by atoms with Crippen molar-refractivity contribution in [1.29, 1.82) is 0 Å². The van der Waals surface area contributed by atoms with Gasteiger partial charge >= 0.3 is 0 Å². The summed E-state index contributed by atoms with van der Waals surface area (Å²) in [4.78, 5) is 34.1. The van der Waals surface area contributed by atoms with Crippen LogP contribution in [0.1, 0.15) is 33.6 Å². The minimum absolute atomic E-state index is 0.0257. The molecule has 0 N–H and O–H groups in total. The Hall–Kier alpha value is -1.89. The first-order valence-corrected chi connectivity index (χ1v) is 11.9. The zero-order chi connectivity index (χ0) is 22.8. The average Bonchev–Trinajstić information content (AvgIpc) is 3.22. The van der Waals surface area contributed by atoms with Crippen LogP contribution in [0.15, 0.2) is 36.2 Å². The van der Waals surface area contributed by atoms with Gasteiger partial charge in [-0.05, 0) is 25.0 Å². The van der Waals surface area contributed by atoms with Crippen molar-refractivity contribution in [2.24, 2.45) is 11.3 Å². The molecule has 31 heavy (non-hydrogen) atoms. The highest BCUT2D eigenvalue weighted by atomic mass is 35.5. The molecule has 1 saturated heterocycles. The SMILES string of the molecule is C=CCN(C(=O)C1CCN(C(=O)C(C)(C)C)CC1)c1nc(-c2ccc(Cl)c(Cl)c2)cs1. The van der Waals surface area contributed by atoms with Crippen molar-refractivity contribution in [3.63, 3.8) is 0 Å². The Morgan fingerprint density at radius 3 is 2.52 bits per heavy atom. The summed E-state index contributed by atoms with van der Waals surface area (Å²) in [6, 6.07) is 5.36. The molecule has 0 bridgehead atoms. The van der Waals surface area contributed by atoms with E-state index in [1.54, 1.807) is 23.1 Å². The van der Waals surface area contributed by atoms with Crippen LogP contribution in [-0.2, 0) is 9.59 Å². The van der Waals surface area contributed by atoms with Crippen LogP contribution in [0, 0.1) is 11.3 Å². The van der Waals surface area contributed by atoms with Gasteiger partial charge in [0.05, 0.1) is 15.7 Å². The minimum Gasteiger partial charge on any atom is -0.342 e. The van der Waals surface area contributed by atoms with Gasteiger partial charge < -0.3 is 4.90 Å². The van der Waals surface area contributed by atoms with Gasteiger partial charge in [0.25, 0.3) is 0 Å². The summed E-state index contributed by atoms with van der Waals surface area (Å²) >= 11 is 13.6. The number of benzene rings is 1. The molecule has 2 amide bonds. The molecule has 0 aliphatic carbocycles. The van der Waals surface area contributed by atoms with E-state index in [1.807, 2.05) is 37.1 Å². The fraction of sp³-hybridized carbons (Fsp3) is 0.435. The molecule has 0 saturated carbocycles. The van der Waals surface area contributed by atoms with E-state index in [-0.39, 0.29) is 17.7 Å². The van der Waals surface area contributed by atoms with Crippen LogP contribution in [0.5, 0.6) is 0 Å². The second-order valence-corrected chi connectivity index (χ2v) is 10.3. The maximum atomic E-state index is 13.3. The van der Waals surface area contributed by atoms with Crippen LogP contribution in [-0.4, -0.2) is 41.3 Å². The Labute approximate surface area is 197 Å². The summed E-state index contributed by atoms with van der Waals surface area (Å²) in [5, 5.41) is 3.48. The van der Waals surface area contributed by atoms with E-state index >= 15 is 0 Å². The van der Waals surface area contributed by atoms with Gasteiger partial charge in [-0.3, -0.25) is 14.5 Å². The lowest BCUT2D eigenvalue weighted by molar-refractivity contribution is -0.142. The predicted octanol–water partition coefficient (Wildman–Crippen LogP) is 5.92. The third-order valence-corrected chi connectivity index (χ3v) is 6.89. The molecule has 1 aliphatic heterocycles. The molecule has 3 rings (SSSR count). The van der Waals surface area contributed by atoms with Crippen LogP contribution in [0.4, 0.5) is 5.13 Å². The molecular weight excluding hydrogens is 453 g/mol. The zero-order valence-electron chi connectivity index (χ0n) is 18.0. The van der Waals surface area contributed by atoms with Gasteiger partial charge in [-0.1, -0.05) is 56.1 Å². The molecule has 2 heterocycles. The lowest BCUT2D eigenvalue weighted by Crippen LogP contribution is -2.47. The highest BCUT2D eigenvalue weighted by Gasteiger charge is 2.34. The molecule has 166 valence electrons. The molecule has 1 fully saturated rings. The second-order valence-electron chi connectivity index (χ2n) is 8.70. The third-order valence-electron chi connectivity index (χ3n) is 5.29. The Morgan fingerprint density at radius 2 is 1.94 bits per heavy atom. The number of thiazole rings is 1. The number of hydrogen-bond acceptors (Lipinski definition) is 4. The Kier molecular flexibility index (Phi) is 7.45. The van der Waals surface area contributed by atoms with Gasteiger partial charge in [0, 0.05) is 41.9 Å². The fourth-order valence-corrected chi connectivity index (χ4v) is 4.74. The number of halogens is 2. The Morgan fingerprint density at radius 1 is 1.26 bits per heavy atom. The molecule has 0 radical (unpaired) electrons. The average molecular weight is 480 g/mol. The van der Waals surface area contributed by atoms with Gasteiger partial charge in [0.2, 0.25) is 11.8 Å². The number of hydrogen-bond donors (Lipinski definition) is 0. The summed E-state index contributed by atoms with van der Waals surface area (Å²) < 4.78 is 0. The molecule has 2 aromatic rings. The van der Waals surface area contributed by atoms with Crippen LogP contribution < -0.4 is 4.90 Å². The number of rotatable bonds is 5. The van der Waals surface area contributed by atoms with Crippen molar-refractivity contribution in [2.75, 3.05) is 24.5 Å². The lowest BCUT2D eigenvalue weighted by atomic mass is 9.90. The molecule has 1 aliphatic rings. The smallest absolute Gasteiger partial charge is 0.232 e. The topological polar surface area (TPSA) is 53.5 Å². The number of anilines is 1. The number of carbonyl (C=O) groups is 2. The minimum atomic E-state index is -0.409. The molecule has 0 atom stereocenters. The van der Waals surface area contributed by atoms with Crippen molar-refractivity contribution in [3.05, 3.63) is 46.3 Å².